The zero-order valence-electron chi connectivity index (χ0n) is 5.74. The van der Waals surface area contributed by atoms with Gasteiger partial charge in [-0.25, -0.2) is 0 Å². The molecule has 1 aromatic heterocycles. The lowest BCUT2D eigenvalue weighted by Crippen LogP contribution is -1.92. The number of benzene rings is 1. The molecule has 0 amide bonds. The molecule has 1 aromatic carbocycles. The number of para-hydroxylation sites is 1. The van der Waals surface area contributed by atoms with Gasteiger partial charge in [-0.1, -0.05) is 12.1 Å². The number of hydrogen-bond acceptors (Lipinski definition) is 3. The zero-order valence-corrected chi connectivity index (χ0v) is 6.56. The SMILES string of the molecule is N=c1cnc2ccccc2s1. The maximum atomic E-state index is 7.33. The van der Waals surface area contributed by atoms with Gasteiger partial charge in [-0.05, 0) is 12.1 Å². The van der Waals surface area contributed by atoms with E-state index in [9.17, 15) is 0 Å². The fourth-order valence-corrected chi connectivity index (χ4v) is 1.64. The third kappa shape index (κ3) is 1.14. The van der Waals surface area contributed by atoms with Gasteiger partial charge in [0, 0.05) is 0 Å². The topological polar surface area (TPSA) is 36.7 Å². The summed E-state index contributed by atoms with van der Waals surface area (Å²) in [5, 5.41) is 7.33. The summed E-state index contributed by atoms with van der Waals surface area (Å²) in [4.78, 5) is 4.10. The van der Waals surface area contributed by atoms with Gasteiger partial charge in [-0.15, -0.1) is 11.3 Å². The standard InChI is InChI=1S/C8H6N2S/c9-8-5-10-6-3-1-2-4-7(6)11-8/h1-5,9H. The molecule has 0 saturated carbocycles. The van der Waals surface area contributed by atoms with Crippen LogP contribution in [-0.4, -0.2) is 4.98 Å². The fraction of sp³-hybridized carbons (Fsp3) is 0. The van der Waals surface area contributed by atoms with E-state index >= 15 is 0 Å². The molecule has 2 nitrogen and oxygen atoms in total. The molecule has 0 aliphatic rings. The Hall–Kier alpha value is -1.22. The van der Waals surface area contributed by atoms with Gasteiger partial charge in [0.2, 0.25) is 0 Å². The molecule has 0 aliphatic carbocycles. The van der Waals surface area contributed by atoms with Gasteiger partial charge in [0.05, 0.1) is 16.4 Å². The average Bonchev–Trinajstić information content (AvgIpc) is 2.04. The van der Waals surface area contributed by atoms with Gasteiger partial charge >= 0.3 is 0 Å². The average molecular weight is 162 g/mol. The summed E-state index contributed by atoms with van der Waals surface area (Å²) in [6.07, 6.45) is 1.58. The molecular formula is C8H6N2S. The van der Waals surface area contributed by atoms with Crippen LogP contribution in [0, 0.1) is 5.41 Å². The highest BCUT2D eigenvalue weighted by Crippen LogP contribution is 2.10. The van der Waals surface area contributed by atoms with Crippen LogP contribution in [0.25, 0.3) is 10.2 Å². The monoisotopic (exact) mass is 162 g/mol. The highest BCUT2D eigenvalue weighted by Gasteiger charge is 1.90. The summed E-state index contributed by atoms with van der Waals surface area (Å²) in [5.74, 6) is 0. The zero-order chi connectivity index (χ0) is 7.68. The number of aromatic nitrogens is 1. The molecular weight excluding hydrogens is 156 g/mol. The van der Waals surface area contributed by atoms with Crippen molar-refractivity contribution in [3.8, 4) is 0 Å². The van der Waals surface area contributed by atoms with Crippen LogP contribution in [0.2, 0.25) is 0 Å². The van der Waals surface area contributed by atoms with Gasteiger partial charge in [-0.2, -0.15) is 0 Å². The minimum Gasteiger partial charge on any atom is -0.289 e. The first-order valence-corrected chi connectivity index (χ1v) is 4.07. The molecule has 2 aromatic rings. The molecule has 1 N–H and O–H groups in total. The molecule has 0 atom stereocenters. The third-order valence-corrected chi connectivity index (χ3v) is 2.30. The number of hydrogen-bond donors (Lipinski definition) is 1. The van der Waals surface area contributed by atoms with E-state index in [1.165, 1.54) is 11.3 Å². The van der Waals surface area contributed by atoms with Gasteiger partial charge in [0.1, 0.15) is 4.67 Å². The van der Waals surface area contributed by atoms with Crippen LogP contribution in [0.5, 0.6) is 0 Å². The second-order valence-corrected chi connectivity index (χ2v) is 3.28. The van der Waals surface area contributed by atoms with Crippen molar-refractivity contribution < 1.29 is 0 Å². The number of nitrogens with zero attached hydrogens (tertiary/aromatic N) is 1. The van der Waals surface area contributed by atoms with Gasteiger partial charge in [0.15, 0.2) is 0 Å². The molecule has 3 heteroatoms. The van der Waals surface area contributed by atoms with E-state index in [0.717, 1.165) is 10.2 Å². The van der Waals surface area contributed by atoms with E-state index in [2.05, 4.69) is 4.98 Å². The smallest absolute Gasteiger partial charge is 0.126 e. The summed E-state index contributed by atoms with van der Waals surface area (Å²) in [5.41, 5.74) is 0.966. The van der Waals surface area contributed by atoms with Crippen LogP contribution in [0.15, 0.2) is 30.5 Å². The molecule has 0 spiro atoms. The Bertz CT molecular complexity index is 433. The van der Waals surface area contributed by atoms with Crippen molar-refractivity contribution in [2.24, 2.45) is 0 Å². The lowest BCUT2D eigenvalue weighted by atomic mass is 10.3. The molecule has 2 rings (SSSR count). The maximum absolute atomic E-state index is 7.33. The van der Waals surface area contributed by atoms with Crippen molar-refractivity contribution in [1.29, 1.82) is 5.41 Å². The molecule has 0 unspecified atom stereocenters. The van der Waals surface area contributed by atoms with Crippen molar-refractivity contribution >= 4 is 21.6 Å². The Morgan fingerprint density at radius 2 is 2.09 bits per heavy atom. The van der Waals surface area contributed by atoms with Crippen molar-refractivity contribution in [2.45, 2.75) is 0 Å². The van der Waals surface area contributed by atoms with Gasteiger partial charge in [-0.3, -0.25) is 10.4 Å². The first kappa shape index (κ1) is 6.49. The molecule has 0 radical (unpaired) electrons. The van der Waals surface area contributed by atoms with Crippen LogP contribution < -0.4 is 4.67 Å². The van der Waals surface area contributed by atoms with E-state index in [1.807, 2.05) is 24.3 Å². The molecule has 0 bridgehead atoms. The highest BCUT2D eigenvalue weighted by atomic mass is 32.1. The van der Waals surface area contributed by atoms with E-state index in [4.69, 9.17) is 5.41 Å². The molecule has 0 aliphatic heterocycles. The van der Waals surface area contributed by atoms with Crippen LogP contribution >= 0.6 is 11.3 Å². The van der Waals surface area contributed by atoms with Crippen LogP contribution in [0.1, 0.15) is 0 Å². The van der Waals surface area contributed by atoms with Crippen molar-refractivity contribution in [1.82, 2.24) is 4.98 Å². The molecule has 54 valence electrons. The third-order valence-electron chi connectivity index (χ3n) is 1.41. The predicted octanol–water partition coefficient (Wildman–Crippen LogP) is 1.78. The normalized spacial score (nSPS) is 10.2. The summed E-state index contributed by atoms with van der Waals surface area (Å²) >= 11 is 1.45. The number of nitrogens with one attached hydrogen (secondary N) is 1. The summed E-state index contributed by atoms with van der Waals surface area (Å²) < 4.78 is 1.57. The predicted molar refractivity (Wildman–Crippen MR) is 45.5 cm³/mol. The Balaban J connectivity index is 2.94. The minimum atomic E-state index is 0.503. The maximum Gasteiger partial charge on any atom is 0.126 e. The van der Waals surface area contributed by atoms with Crippen molar-refractivity contribution in [3.05, 3.63) is 35.1 Å². The van der Waals surface area contributed by atoms with E-state index in [0.29, 0.717) is 4.67 Å². The largest absolute Gasteiger partial charge is 0.289 e. The second kappa shape index (κ2) is 2.43. The Morgan fingerprint density at radius 3 is 3.00 bits per heavy atom. The lowest BCUT2D eigenvalue weighted by molar-refractivity contribution is 1.28. The van der Waals surface area contributed by atoms with Gasteiger partial charge < -0.3 is 0 Å². The number of rotatable bonds is 0. The van der Waals surface area contributed by atoms with E-state index < -0.39 is 0 Å². The van der Waals surface area contributed by atoms with Crippen LogP contribution in [0.4, 0.5) is 0 Å². The Morgan fingerprint density at radius 1 is 1.27 bits per heavy atom. The van der Waals surface area contributed by atoms with Gasteiger partial charge in [0.25, 0.3) is 0 Å². The van der Waals surface area contributed by atoms with E-state index in [-0.39, 0.29) is 0 Å². The second-order valence-electron chi connectivity index (χ2n) is 2.19. The van der Waals surface area contributed by atoms with E-state index in [1.54, 1.807) is 6.20 Å². The summed E-state index contributed by atoms with van der Waals surface area (Å²) in [6.45, 7) is 0. The summed E-state index contributed by atoms with van der Waals surface area (Å²) in [7, 11) is 0. The van der Waals surface area contributed by atoms with Crippen molar-refractivity contribution in [2.75, 3.05) is 0 Å². The first-order chi connectivity index (χ1) is 5.36. The fourth-order valence-electron chi connectivity index (χ4n) is 0.923. The first-order valence-electron chi connectivity index (χ1n) is 3.26. The van der Waals surface area contributed by atoms with Crippen molar-refractivity contribution in [3.63, 3.8) is 0 Å². The lowest BCUT2D eigenvalue weighted by Gasteiger charge is -1.91. The van der Waals surface area contributed by atoms with Crippen LogP contribution in [0.3, 0.4) is 0 Å². The van der Waals surface area contributed by atoms with Crippen LogP contribution in [-0.2, 0) is 0 Å². The Kier molecular flexibility index (Phi) is 1.43. The Labute approximate surface area is 67.7 Å². The highest BCUT2D eigenvalue weighted by molar-refractivity contribution is 7.15. The molecule has 0 saturated heterocycles. The molecule has 0 fully saturated rings. The summed E-state index contributed by atoms with van der Waals surface area (Å²) in [6, 6.07) is 7.84. The molecule has 1 heterocycles. The molecule has 11 heavy (non-hydrogen) atoms. The minimum absolute atomic E-state index is 0.503. The quantitative estimate of drug-likeness (QED) is 0.629. The number of fused-ring (bicyclic) bond motifs is 1.